The summed E-state index contributed by atoms with van der Waals surface area (Å²) in [6.07, 6.45) is 0. The monoisotopic (exact) mass is 284 g/mol. The Bertz CT molecular complexity index is 549. The second-order valence-corrected chi connectivity index (χ2v) is 7.56. The van der Waals surface area contributed by atoms with E-state index >= 15 is 0 Å². The molecule has 0 bridgehead atoms. The van der Waals surface area contributed by atoms with Crippen molar-refractivity contribution >= 4 is 20.7 Å². The average Bonchev–Trinajstić information content (AvgIpc) is 2.46. The third-order valence-electron chi connectivity index (χ3n) is 3.38. The number of rotatable bonds is 5. The van der Waals surface area contributed by atoms with Gasteiger partial charge in [0.1, 0.15) is 6.61 Å². The minimum Gasteiger partial charge on any atom is -0.461 e. The van der Waals surface area contributed by atoms with E-state index in [0.717, 1.165) is 5.56 Å². The van der Waals surface area contributed by atoms with Crippen molar-refractivity contribution in [1.82, 2.24) is 0 Å². The molecule has 0 aromatic heterocycles. The van der Waals surface area contributed by atoms with Crippen LogP contribution in [0.4, 0.5) is 0 Å². The quantitative estimate of drug-likeness (QED) is 0.622. The zero-order chi connectivity index (χ0) is 14.4. The molecule has 0 saturated carbocycles. The number of ether oxygens (including phenoxy) is 1. The Balaban J connectivity index is 1.97. The molecule has 0 aliphatic heterocycles. The summed E-state index contributed by atoms with van der Waals surface area (Å²) in [6, 6.07) is 19.1. The van der Waals surface area contributed by atoms with Gasteiger partial charge in [-0.2, -0.15) is 0 Å². The minimum absolute atomic E-state index is 0.237. The van der Waals surface area contributed by atoms with E-state index in [9.17, 15) is 4.79 Å². The van der Waals surface area contributed by atoms with Gasteiger partial charge in [0.2, 0.25) is 0 Å². The van der Waals surface area contributed by atoms with Gasteiger partial charge < -0.3 is 4.74 Å². The smallest absolute Gasteiger partial charge is 0.302 e. The van der Waals surface area contributed by atoms with Crippen molar-refractivity contribution in [3.05, 3.63) is 65.7 Å². The lowest BCUT2D eigenvalue weighted by Gasteiger charge is -2.12. The van der Waals surface area contributed by atoms with Crippen molar-refractivity contribution in [2.75, 3.05) is 0 Å². The van der Waals surface area contributed by atoms with E-state index < -0.39 is 0 Å². The third kappa shape index (κ3) is 4.35. The molecule has 0 heterocycles. The predicted octanol–water partition coefficient (Wildman–Crippen LogP) is 2.30. The number of esters is 1. The summed E-state index contributed by atoms with van der Waals surface area (Å²) >= 11 is 0. The zero-order valence-corrected chi connectivity index (χ0v) is 13.4. The molecule has 2 aromatic carbocycles. The second kappa shape index (κ2) is 7.06. The van der Waals surface area contributed by atoms with Crippen LogP contribution in [0, 0.1) is 0 Å². The molecule has 104 valence electrons. The number of carbonyl (C=O) groups excluding carboxylic acids is 1. The first kappa shape index (κ1) is 14.5. The third-order valence-corrected chi connectivity index (χ3v) is 5.40. The maximum Gasteiger partial charge on any atom is 0.302 e. The Morgan fingerprint density at radius 2 is 1.75 bits per heavy atom. The molecule has 0 aliphatic rings. The Morgan fingerprint density at radius 1 is 1.10 bits per heavy atom. The molecule has 0 N–H and O–H groups in total. The number of hydrogen-bond acceptors (Lipinski definition) is 2. The fourth-order valence-corrected chi connectivity index (χ4v) is 3.97. The Hall–Kier alpha value is -1.87. The van der Waals surface area contributed by atoms with Gasteiger partial charge in [-0.1, -0.05) is 66.7 Å². The highest BCUT2D eigenvalue weighted by Crippen LogP contribution is 2.15. The fraction of sp³-hybridized carbons (Fsp3) is 0.235. The average molecular weight is 284 g/mol. The maximum atomic E-state index is 10.8. The molecule has 2 nitrogen and oxygen atoms in total. The van der Waals surface area contributed by atoms with E-state index in [0.29, 0.717) is 12.1 Å². The highest BCUT2D eigenvalue weighted by atomic mass is 28.2. The maximum absolute atomic E-state index is 10.8. The molecule has 1 unspecified atom stereocenters. The van der Waals surface area contributed by atoms with Crippen molar-refractivity contribution in [2.45, 2.75) is 26.0 Å². The molecule has 0 saturated heterocycles. The number of benzene rings is 2. The first-order chi connectivity index (χ1) is 9.65. The van der Waals surface area contributed by atoms with Crippen molar-refractivity contribution < 1.29 is 9.53 Å². The Morgan fingerprint density at radius 3 is 2.35 bits per heavy atom. The summed E-state index contributed by atoms with van der Waals surface area (Å²) in [5.41, 5.74) is 3.02. The van der Waals surface area contributed by atoms with Crippen LogP contribution >= 0.6 is 0 Å². The van der Waals surface area contributed by atoms with Gasteiger partial charge in [-0.25, -0.2) is 0 Å². The van der Waals surface area contributed by atoms with Gasteiger partial charge in [-0.15, -0.1) is 0 Å². The van der Waals surface area contributed by atoms with E-state index in [4.69, 9.17) is 4.74 Å². The van der Waals surface area contributed by atoms with Crippen LogP contribution in [0.5, 0.6) is 0 Å². The highest BCUT2D eigenvalue weighted by molar-refractivity contribution is 6.54. The summed E-state index contributed by atoms with van der Waals surface area (Å²) in [6.45, 7) is 4.09. The number of carbonyl (C=O) groups is 1. The zero-order valence-electron chi connectivity index (χ0n) is 12.0. The van der Waals surface area contributed by atoms with Crippen LogP contribution < -0.4 is 5.19 Å². The Kier molecular flexibility index (Phi) is 5.13. The fourth-order valence-electron chi connectivity index (χ4n) is 2.21. The molecule has 3 heteroatoms. The minimum atomic E-state index is -0.307. The molecular weight excluding hydrogens is 264 g/mol. The molecule has 0 amide bonds. The highest BCUT2D eigenvalue weighted by Gasteiger charge is 2.07. The van der Waals surface area contributed by atoms with Gasteiger partial charge in [0.25, 0.3) is 0 Å². The lowest BCUT2D eigenvalue weighted by atomic mass is 10.1. The summed E-state index contributed by atoms with van der Waals surface area (Å²) in [4.78, 5) is 10.8. The molecular formula is C17H20O2Si. The predicted molar refractivity (Wildman–Crippen MR) is 84.9 cm³/mol. The van der Waals surface area contributed by atoms with Crippen molar-refractivity contribution in [3.8, 4) is 0 Å². The van der Waals surface area contributed by atoms with Crippen molar-refractivity contribution in [1.29, 1.82) is 0 Å². The topological polar surface area (TPSA) is 26.3 Å². The van der Waals surface area contributed by atoms with Crippen LogP contribution in [0.25, 0.3) is 0 Å². The van der Waals surface area contributed by atoms with Crippen LogP contribution in [-0.2, 0) is 16.1 Å². The van der Waals surface area contributed by atoms with Gasteiger partial charge in [0, 0.05) is 6.92 Å². The van der Waals surface area contributed by atoms with Crippen LogP contribution in [-0.4, -0.2) is 15.5 Å². The summed E-state index contributed by atoms with van der Waals surface area (Å²) in [7, 11) is -0.307. The normalized spacial score (nSPS) is 12.5. The van der Waals surface area contributed by atoms with Crippen LogP contribution in [0.15, 0.2) is 54.6 Å². The van der Waals surface area contributed by atoms with E-state index in [-0.39, 0.29) is 15.5 Å². The van der Waals surface area contributed by atoms with Crippen LogP contribution in [0.3, 0.4) is 0 Å². The van der Waals surface area contributed by atoms with Gasteiger partial charge in [0.05, 0.1) is 9.52 Å². The lowest BCUT2D eigenvalue weighted by Crippen LogP contribution is -2.19. The summed E-state index contributed by atoms with van der Waals surface area (Å²) < 4.78 is 4.99. The SMILES string of the molecule is CC(=O)OCc1ccc(C(C)[SiH2]c2ccccc2)cc1. The van der Waals surface area contributed by atoms with Crippen LogP contribution in [0.1, 0.15) is 30.5 Å². The Labute approximate surface area is 122 Å². The van der Waals surface area contributed by atoms with E-state index in [2.05, 4.69) is 49.4 Å². The van der Waals surface area contributed by atoms with Gasteiger partial charge in [-0.05, 0) is 16.7 Å². The lowest BCUT2D eigenvalue weighted by molar-refractivity contribution is -0.142. The molecule has 0 fully saturated rings. The molecule has 0 spiro atoms. The number of hydrogen-bond donors (Lipinski definition) is 0. The first-order valence-corrected chi connectivity index (χ1v) is 8.43. The van der Waals surface area contributed by atoms with Crippen molar-refractivity contribution in [3.63, 3.8) is 0 Å². The molecule has 20 heavy (non-hydrogen) atoms. The van der Waals surface area contributed by atoms with Gasteiger partial charge >= 0.3 is 5.97 Å². The van der Waals surface area contributed by atoms with Crippen molar-refractivity contribution in [2.24, 2.45) is 0 Å². The van der Waals surface area contributed by atoms with E-state index in [1.54, 1.807) is 0 Å². The van der Waals surface area contributed by atoms with Gasteiger partial charge in [-0.3, -0.25) is 4.79 Å². The molecule has 0 radical (unpaired) electrons. The largest absolute Gasteiger partial charge is 0.461 e. The first-order valence-electron chi connectivity index (χ1n) is 6.91. The molecule has 1 atom stereocenters. The summed E-state index contributed by atoms with van der Waals surface area (Å²) in [5.74, 6) is -0.237. The molecule has 2 aromatic rings. The van der Waals surface area contributed by atoms with Crippen LogP contribution in [0.2, 0.25) is 0 Å². The standard InChI is InChI=1S/C17H20O2Si/c1-13(20-17-6-4-3-5-7-17)16-10-8-15(9-11-16)12-19-14(2)18/h3-11,13H,12,20H2,1-2H3. The van der Waals surface area contributed by atoms with Gasteiger partial charge in [0.15, 0.2) is 0 Å². The molecule has 0 aliphatic carbocycles. The molecule has 2 rings (SSSR count). The second-order valence-electron chi connectivity index (χ2n) is 5.11. The van der Waals surface area contributed by atoms with E-state index in [1.807, 2.05) is 12.1 Å². The van der Waals surface area contributed by atoms with E-state index in [1.165, 1.54) is 17.7 Å². The summed E-state index contributed by atoms with van der Waals surface area (Å²) in [5, 5.41) is 1.49.